The largest absolute Gasteiger partial charge is 0.453 e. The molecule has 0 aliphatic heterocycles. The van der Waals surface area contributed by atoms with Crippen molar-refractivity contribution >= 4 is 23.3 Å². The van der Waals surface area contributed by atoms with Gasteiger partial charge in [0.25, 0.3) is 0 Å². The zero-order valence-corrected chi connectivity index (χ0v) is 11.7. The summed E-state index contributed by atoms with van der Waals surface area (Å²) in [6.07, 6.45) is 1.13. The van der Waals surface area contributed by atoms with Crippen LogP contribution in [0.3, 0.4) is 0 Å². The maximum absolute atomic E-state index is 11.1. The lowest BCUT2D eigenvalue weighted by Gasteiger charge is -2.12. The average molecular weight is 271 g/mol. The van der Waals surface area contributed by atoms with Crippen LogP contribution < -0.4 is 10.6 Å². The fourth-order valence-electron chi connectivity index (χ4n) is 1.85. The Balaban J connectivity index is 2.13. The van der Waals surface area contributed by atoms with Crippen molar-refractivity contribution in [2.24, 2.45) is 0 Å². The normalized spacial score (nSPS) is 9.95. The molecule has 0 saturated carbocycles. The molecule has 0 radical (unpaired) electrons. The summed E-state index contributed by atoms with van der Waals surface area (Å²) in [7, 11) is 1.31. The van der Waals surface area contributed by atoms with Crippen LogP contribution in [0.4, 0.5) is 22.0 Å². The molecule has 2 N–H and O–H groups in total. The summed E-state index contributed by atoms with van der Waals surface area (Å²) >= 11 is 0. The van der Waals surface area contributed by atoms with Crippen LogP contribution >= 0.6 is 0 Å². The first kappa shape index (κ1) is 13.9. The fraction of sp³-hybridized carbons (Fsp3) is 0.200. The van der Waals surface area contributed by atoms with E-state index in [4.69, 9.17) is 0 Å². The smallest absolute Gasteiger partial charge is 0.412 e. The molecule has 5 heteroatoms. The number of hydrogen-bond acceptors (Lipinski definition) is 4. The highest BCUT2D eigenvalue weighted by Gasteiger charge is 2.04. The number of aromatic nitrogens is 1. The van der Waals surface area contributed by atoms with E-state index in [0.717, 1.165) is 11.4 Å². The molecule has 0 fully saturated rings. The molecule has 20 heavy (non-hydrogen) atoms. The van der Waals surface area contributed by atoms with Gasteiger partial charge in [0.1, 0.15) is 5.82 Å². The van der Waals surface area contributed by atoms with Gasteiger partial charge in [-0.1, -0.05) is 18.2 Å². The van der Waals surface area contributed by atoms with Gasteiger partial charge in [-0.3, -0.25) is 5.32 Å². The van der Waals surface area contributed by atoms with E-state index in [1.807, 2.05) is 12.1 Å². The number of amides is 1. The number of carbonyl (C=O) groups excluding carboxylic acids is 1. The Morgan fingerprint density at radius 1 is 1.15 bits per heavy atom. The first-order valence-electron chi connectivity index (χ1n) is 6.24. The Hall–Kier alpha value is -2.56. The molecule has 1 heterocycles. The van der Waals surface area contributed by atoms with E-state index in [2.05, 4.69) is 46.3 Å². The van der Waals surface area contributed by atoms with Crippen LogP contribution in [0.1, 0.15) is 11.1 Å². The molecular weight excluding hydrogens is 254 g/mol. The Labute approximate surface area is 118 Å². The maximum Gasteiger partial charge on any atom is 0.412 e. The maximum atomic E-state index is 11.1. The lowest BCUT2D eigenvalue weighted by atomic mass is 10.1. The number of aryl methyl sites for hydroxylation is 2. The van der Waals surface area contributed by atoms with Crippen molar-refractivity contribution in [3.63, 3.8) is 0 Å². The summed E-state index contributed by atoms with van der Waals surface area (Å²) in [5.41, 5.74) is 4.27. The molecule has 1 aromatic heterocycles. The lowest BCUT2D eigenvalue weighted by molar-refractivity contribution is 0.187. The fourth-order valence-corrected chi connectivity index (χ4v) is 1.85. The molecular formula is C15H17N3O2. The number of nitrogens with zero attached hydrogens (tertiary/aromatic N) is 1. The van der Waals surface area contributed by atoms with Gasteiger partial charge >= 0.3 is 6.09 Å². The van der Waals surface area contributed by atoms with Crippen LogP contribution in [0.25, 0.3) is 0 Å². The number of hydrogen-bond donors (Lipinski definition) is 2. The number of para-hydroxylation sites is 1. The third kappa shape index (κ3) is 3.26. The number of ether oxygens (including phenoxy) is 1. The molecule has 1 aromatic carbocycles. The number of nitrogens with one attached hydrogen (secondary N) is 2. The van der Waals surface area contributed by atoms with Crippen LogP contribution in [0.5, 0.6) is 0 Å². The van der Waals surface area contributed by atoms with Gasteiger partial charge in [0, 0.05) is 5.69 Å². The van der Waals surface area contributed by atoms with E-state index < -0.39 is 6.09 Å². The van der Waals surface area contributed by atoms with E-state index in [1.54, 1.807) is 12.3 Å². The molecule has 1 amide bonds. The van der Waals surface area contributed by atoms with E-state index in [0.29, 0.717) is 5.82 Å². The number of rotatable bonds is 3. The van der Waals surface area contributed by atoms with Crippen LogP contribution in [0.15, 0.2) is 36.5 Å². The standard InChI is InChI=1S/C15H17N3O2/c1-10-5-4-6-11(2)14(10)17-12-7-8-13(16-9-12)18-15(19)20-3/h4-9,17H,1-3H3,(H,16,18,19). The van der Waals surface area contributed by atoms with Crippen molar-refractivity contribution < 1.29 is 9.53 Å². The molecule has 0 unspecified atom stereocenters. The minimum atomic E-state index is -0.534. The van der Waals surface area contributed by atoms with E-state index in [-0.39, 0.29) is 0 Å². The van der Waals surface area contributed by atoms with Gasteiger partial charge in [-0.15, -0.1) is 0 Å². The van der Waals surface area contributed by atoms with Gasteiger partial charge in [0.15, 0.2) is 0 Å². The number of pyridine rings is 1. The predicted molar refractivity (Wildman–Crippen MR) is 79.5 cm³/mol. The molecule has 0 bridgehead atoms. The van der Waals surface area contributed by atoms with E-state index >= 15 is 0 Å². The van der Waals surface area contributed by atoms with Crippen molar-refractivity contribution in [3.8, 4) is 0 Å². The van der Waals surface area contributed by atoms with Gasteiger partial charge in [-0.05, 0) is 37.1 Å². The predicted octanol–water partition coefficient (Wildman–Crippen LogP) is 3.62. The summed E-state index contributed by atoms with van der Waals surface area (Å²) in [4.78, 5) is 15.2. The van der Waals surface area contributed by atoms with Crippen LogP contribution in [-0.4, -0.2) is 18.2 Å². The highest BCUT2D eigenvalue weighted by molar-refractivity contribution is 5.83. The summed E-state index contributed by atoms with van der Waals surface area (Å²) in [6, 6.07) is 9.69. The quantitative estimate of drug-likeness (QED) is 0.895. The van der Waals surface area contributed by atoms with Gasteiger partial charge in [0.05, 0.1) is 19.0 Å². The Kier molecular flexibility index (Phi) is 4.20. The Morgan fingerprint density at radius 3 is 2.40 bits per heavy atom. The second kappa shape index (κ2) is 6.06. The van der Waals surface area contributed by atoms with Crippen LogP contribution in [-0.2, 0) is 4.74 Å². The lowest BCUT2D eigenvalue weighted by Crippen LogP contribution is -2.11. The molecule has 0 saturated heterocycles. The minimum absolute atomic E-state index is 0.448. The van der Waals surface area contributed by atoms with E-state index in [1.165, 1.54) is 18.2 Å². The third-order valence-corrected chi connectivity index (χ3v) is 2.93. The number of benzene rings is 1. The van der Waals surface area contributed by atoms with Gasteiger partial charge in [-0.2, -0.15) is 0 Å². The highest BCUT2D eigenvalue weighted by atomic mass is 16.5. The van der Waals surface area contributed by atoms with Crippen molar-refractivity contribution in [2.75, 3.05) is 17.7 Å². The molecule has 0 aliphatic rings. The molecule has 104 valence electrons. The summed E-state index contributed by atoms with van der Waals surface area (Å²) in [6.45, 7) is 4.10. The molecule has 2 rings (SSSR count). The van der Waals surface area contributed by atoms with E-state index in [9.17, 15) is 4.79 Å². The summed E-state index contributed by atoms with van der Waals surface area (Å²) < 4.78 is 4.51. The van der Waals surface area contributed by atoms with Crippen LogP contribution in [0, 0.1) is 13.8 Å². The first-order valence-corrected chi connectivity index (χ1v) is 6.24. The zero-order chi connectivity index (χ0) is 14.5. The van der Waals surface area contributed by atoms with Crippen molar-refractivity contribution in [1.82, 2.24) is 4.98 Å². The zero-order valence-electron chi connectivity index (χ0n) is 11.7. The topological polar surface area (TPSA) is 63.2 Å². The molecule has 5 nitrogen and oxygen atoms in total. The monoisotopic (exact) mass is 271 g/mol. The first-order chi connectivity index (χ1) is 9.60. The molecule has 2 aromatic rings. The van der Waals surface area contributed by atoms with Crippen molar-refractivity contribution in [3.05, 3.63) is 47.7 Å². The molecule has 0 aliphatic carbocycles. The van der Waals surface area contributed by atoms with Gasteiger partial charge in [0.2, 0.25) is 0 Å². The number of anilines is 3. The summed E-state index contributed by atoms with van der Waals surface area (Å²) in [5, 5.41) is 5.83. The molecule has 0 atom stereocenters. The van der Waals surface area contributed by atoms with Crippen molar-refractivity contribution in [1.29, 1.82) is 0 Å². The second-order valence-electron chi connectivity index (χ2n) is 4.44. The number of methoxy groups -OCH3 is 1. The summed E-state index contributed by atoms with van der Waals surface area (Å²) in [5.74, 6) is 0.448. The SMILES string of the molecule is COC(=O)Nc1ccc(Nc2c(C)cccc2C)cn1. The third-order valence-electron chi connectivity index (χ3n) is 2.93. The van der Waals surface area contributed by atoms with Crippen molar-refractivity contribution in [2.45, 2.75) is 13.8 Å². The van der Waals surface area contributed by atoms with Gasteiger partial charge < -0.3 is 10.1 Å². The second-order valence-corrected chi connectivity index (χ2v) is 4.44. The van der Waals surface area contributed by atoms with Gasteiger partial charge in [-0.25, -0.2) is 9.78 Å². The minimum Gasteiger partial charge on any atom is -0.453 e. The molecule has 0 spiro atoms. The average Bonchev–Trinajstić information content (AvgIpc) is 2.44. The Morgan fingerprint density at radius 2 is 1.85 bits per heavy atom. The highest BCUT2D eigenvalue weighted by Crippen LogP contribution is 2.24. The van der Waals surface area contributed by atoms with Crippen LogP contribution in [0.2, 0.25) is 0 Å². The number of carbonyl (C=O) groups is 1. The Bertz CT molecular complexity index is 589.